The molecule has 0 N–H and O–H groups in total. The zero-order valence-electron chi connectivity index (χ0n) is 18.5. The molecule has 0 nitrogen and oxygen atoms in total. The topological polar surface area (TPSA) is 0 Å². The molecular weight excluding hydrogens is 504 g/mol. The van der Waals surface area contributed by atoms with E-state index in [0.29, 0.717) is 6.16 Å². The number of aryl methyl sites for hydroxylation is 2. The number of rotatable bonds is 5. The van der Waals surface area contributed by atoms with Gasteiger partial charge in [-0.2, -0.15) is 0 Å². The van der Waals surface area contributed by atoms with E-state index in [4.69, 9.17) is 0 Å². The molecule has 4 aromatic rings. The molecule has 0 spiro atoms. The van der Waals surface area contributed by atoms with Crippen molar-refractivity contribution in [3.05, 3.63) is 125 Å². The maximum absolute atomic E-state index is 13.6. The Morgan fingerprint density at radius 2 is 0.970 bits per heavy atom. The summed E-state index contributed by atoms with van der Waals surface area (Å²) in [5.41, 5.74) is 0.845. The first-order chi connectivity index (χ1) is 15.6. The van der Waals surface area contributed by atoms with Crippen LogP contribution in [0.4, 0.5) is 13.2 Å². The van der Waals surface area contributed by atoms with E-state index < -0.39 is 17.0 Å². The van der Waals surface area contributed by atoms with Gasteiger partial charge in [-0.3, -0.25) is 0 Å². The van der Waals surface area contributed by atoms with Gasteiger partial charge in [0.1, 0.15) is 0 Å². The second-order valence-electron chi connectivity index (χ2n) is 8.45. The van der Waals surface area contributed by atoms with Gasteiger partial charge in [-0.15, -0.1) is 0 Å². The van der Waals surface area contributed by atoms with Crippen molar-refractivity contribution in [3.63, 3.8) is 0 Å². The summed E-state index contributed by atoms with van der Waals surface area (Å²) in [4.78, 5) is 0. The summed E-state index contributed by atoms with van der Waals surface area (Å²) in [7, 11) is 0. The fourth-order valence-corrected chi connectivity index (χ4v) is 12.6. The van der Waals surface area contributed by atoms with Gasteiger partial charge in [0, 0.05) is 0 Å². The van der Waals surface area contributed by atoms with E-state index >= 15 is 0 Å². The van der Waals surface area contributed by atoms with Crippen molar-refractivity contribution in [2.75, 3.05) is 0 Å². The molecule has 0 aliphatic heterocycles. The van der Waals surface area contributed by atoms with Gasteiger partial charge < -0.3 is 0 Å². The maximum atomic E-state index is 13.6. The van der Waals surface area contributed by atoms with Crippen LogP contribution in [0.2, 0.25) is 0 Å². The van der Waals surface area contributed by atoms with Crippen LogP contribution < -0.4 is 15.9 Å². The fourth-order valence-electron chi connectivity index (χ4n) is 4.87. The van der Waals surface area contributed by atoms with E-state index in [1.807, 2.05) is 54.6 Å². The summed E-state index contributed by atoms with van der Waals surface area (Å²) in [6.45, 7) is 3.10. The second kappa shape index (κ2) is 8.74. The zero-order chi connectivity index (χ0) is 23.7. The Morgan fingerprint density at radius 1 is 0.636 bits per heavy atom. The van der Waals surface area contributed by atoms with E-state index in [2.05, 4.69) is 51.9 Å². The van der Waals surface area contributed by atoms with E-state index in [0.717, 1.165) is 21.5 Å². The Kier molecular flexibility index (Phi) is 6.28. The predicted molar refractivity (Wildman–Crippen MR) is 139 cm³/mol. The summed E-state index contributed by atoms with van der Waals surface area (Å²) in [6, 6.07) is 34.2. The molecule has 33 heavy (non-hydrogen) atoms. The third-order valence-electron chi connectivity index (χ3n) is 6.24. The molecule has 0 amide bonds. The summed E-state index contributed by atoms with van der Waals surface area (Å²) in [5.74, 6) is 0. The number of alkyl halides is 3. The van der Waals surface area contributed by atoms with Gasteiger partial charge in [0.2, 0.25) is 0 Å². The zero-order valence-corrected chi connectivity index (χ0v) is 21.0. The molecule has 170 valence electrons. The van der Waals surface area contributed by atoms with Gasteiger partial charge in [-0.25, -0.2) is 0 Å². The molecule has 0 radical (unpaired) electrons. The molecule has 0 saturated carbocycles. The van der Waals surface area contributed by atoms with Crippen LogP contribution in [0.1, 0.15) is 22.3 Å². The SMILES string of the molecule is Cc1cc(CP(Br)(c2ccccc2)(c2ccccc2)c2ccccc2)cc(C)c1C(F)(F)F. The fraction of sp³-hybridized carbons (Fsp3) is 0.143. The van der Waals surface area contributed by atoms with E-state index in [1.54, 1.807) is 26.0 Å². The third kappa shape index (κ3) is 4.16. The number of hydrogen-bond acceptors (Lipinski definition) is 0. The molecule has 0 aliphatic rings. The summed E-state index contributed by atoms with van der Waals surface area (Å²) in [6.07, 6.45) is -3.81. The molecule has 0 atom stereocenters. The molecule has 0 aromatic heterocycles. The van der Waals surface area contributed by atoms with Crippen molar-refractivity contribution in [1.29, 1.82) is 0 Å². The second-order valence-corrected chi connectivity index (χ2v) is 17.4. The minimum absolute atomic E-state index is 0.254. The van der Waals surface area contributed by atoms with Crippen LogP contribution in [0.25, 0.3) is 0 Å². The van der Waals surface area contributed by atoms with E-state index in [1.165, 1.54) is 0 Å². The average Bonchev–Trinajstić information content (AvgIpc) is 2.79. The molecule has 0 bridgehead atoms. The van der Waals surface area contributed by atoms with Gasteiger partial charge in [0.15, 0.2) is 0 Å². The van der Waals surface area contributed by atoms with Crippen molar-refractivity contribution in [2.45, 2.75) is 26.2 Å². The molecule has 0 fully saturated rings. The molecule has 0 unspecified atom stereocenters. The number of benzene rings is 4. The van der Waals surface area contributed by atoms with Crippen LogP contribution in [-0.4, -0.2) is 0 Å². The monoisotopic (exact) mass is 528 g/mol. The van der Waals surface area contributed by atoms with Crippen LogP contribution >= 0.6 is 20.8 Å². The van der Waals surface area contributed by atoms with Crippen molar-refractivity contribution in [1.82, 2.24) is 0 Å². The Bertz CT molecular complexity index is 1130. The third-order valence-corrected chi connectivity index (χ3v) is 15.8. The molecule has 0 saturated heterocycles. The van der Waals surface area contributed by atoms with Crippen molar-refractivity contribution in [2.24, 2.45) is 0 Å². The number of hydrogen-bond donors (Lipinski definition) is 0. The van der Waals surface area contributed by atoms with Crippen LogP contribution in [0, 0.1) is 13.8 Å². The van der Waals surface area contributed by atoms with Gasteiger partial charge in [-0.1, -0.05) is 0 Å². The predicted octanol–water partition coefficient (Wildman–Crippen LogP) is 7.66. The summed E-state index contributed by atoms with van der Waals surface area (Å²) >= 11 is 4.37. The molecule has 5 heteroatoms. The minimum atomic E-state index is -4.37. The van der Waals surface area contributed by atoms with Gasteiger partial charge in [-0.05, 0) is 0 Å². The van der Waals surface area contributed by atoms with Gasteiger partial charge >= 0.3 is 201 Å². The molecule has 0 heterocycles. The van der Waals surface area contributed by atoms with Crippen molar-refractivity contribution < 1.29 is 13.2 Å². The molecule has 0 aliphatic carbocycles. The normalized spacial score (nSPS) is 13.3. The Morgan fingerprint density at radius 3 is 1.27 bits per heavy atom. The quantitative estimate of drug-likeness (QED) is 0.233. The summed E-state index contributed by atoms with van der Waals surface area (Å²) in [5, 5.41) is 0.143. The first-order valence-corrected chi connectivity index (χ1v) is 15.2. The Labute approximate surface area is 201 Å². The molecule has 4 aromatic carbocycles. The van der Waals surface area contributed by atoms with Crippen LogP contribution in [0.15, 0.2) is 103 Å². The van der Waals surface area contributed by atoms with E-state index in [-0.39, 0.29) is 11.1 Å². The first-order valence-electron chi connectivity index (χ1n) is 10.7. The number of halogens is 4. The molecule has 4 rings (SSSR count). The van der Waals surface area contributed by atoms with Crippen LogP contribution in [-0.2, 0) is 12.3 Å². The standard InChI is InChI=1S/C28H25BrF3P/c1-21-18-23(19-22(2)27(21)28(30,31)32)20-33(29,24-12-6-3-7-13-24,25-14-8-4-9-15-25)26-16-10-5-11-17-26/h3-19H,20H2,1-2H3. The molecular formula is C28H25BrF3P. The van der Waals surface area contributed by atoms with Gasteiger partial charge in [0.25, 0.3) is 0 Å². The van der Waals surface area contributed by atoms with Gasteiger partial charge in [0.05, 0.1) is 0 Å². The van der Waals surface area contributed by atoms with Crippen LogP contribution in [0.5, 0.6) is 0 Å². The Hall–Kier alpha value is -2.42. The van der Waals surface area contributed by atoms with Crippen molar-refractivity contribution in [3.8, 4) is 0 Å². The Balaban J connectivity index is 2.05. The first kappa shape index (κ1) is 23.7. The summed E-state index contributed by atoms with van der Waals surface area (Å²) < 4.78 is 40.9. The average molecular weight is 529 g/mol. The van der Waals surface area contributed by atoms with Crippen LogP contribution in [0.3, 0.4) is 0 Å². The van der Waals surface area contributed by atoms with Crippen molar-refractivity contribution >= 4 is 36.7 Å². The van der Waals surface area contributed by atoms with E-state index in [9.17, 15) is 13.2 Å².